The molecule has 0 aliphatic heterocycles. The summed E-state index contributed by atoms with van der Waals surface area (Å²) in [5.74, 6) is -0.742. The van der Waals surface area contributed by atoms with Crippen LogP contribution in [0.15, 0.2) is 23.3 Å². The van der Waals surface area contributed by atoms with Crippen LogP contribution in [0.2, 0.25) is 0 Å². The Kier molecular flexibility index (Phi) is 1.87. The standard InChI is InChI=1S/C9H12F2/c1-6-7(10)4-9(2,3)5-8(6)11/h4H,5H2,1-3H3. The van der Waals surface area contributed by atoms with Crippen LogP contribution in [0.25, 0.3) is 0 Å². The minimum atomic E-state index is -0.418. The summed E-state index contributed by atoms with van der Waals surface area (Å²) in [5.41, 5.74) is -0.211. The molecule has 0 N–H and O–H groups in total. The molecule has 0 saturated heterocycles. The lowest BCUT2D eigenvalue weighted by atomic mass is 9.83. The first-order valence-electron chi connectivity index (χ1n) is 3.66. The van der Waals surface area contributed by atoms with E-state index in [1.807, 2.05) is 13.8 Å². The highest BCUT2D eigenvalue weighted by atomic mass is 19.1. The molecular formula is C9H12F2. The van der Waals surface area contributed by atoms with Crippen LogP contribution in [0.4, 0.5) is 8.78 Å². The minimum Gasteiger partial charge on any atom is -0.211 e. The number of hydrogen-bond donors (Lipinski definition) is 0. The quantitative estimate of drug-likeness (QED) is 0.506. The summed E-state index contributed by atoms with van der Waals surface area (Å²) in [4.78, 5) is 0. The number of halogens is 2. The van der Waals surface area contributed by atoms with Crippen molar-refractivity contribution in [2.24, 2.45) is 5.41 Å². The van der Waals surface area contributed by atoms with Crippen molar-refractivity contribution in [3.8, 4) is 0 Å². The molecule has 0 aromatic heterocycles. The van der Waals surface area contributed by atoms with Crippen LogP contribution in [-0.4, -0.2) is 0 Å². The van der Waals surface area contributed by atoms with Crippen LogP contribution >= 0.6 is 0 Å². The molecule has 0 saturated carbocycles. The van der Waals surface area contributed by atoms with E-state index in [-0.39, 0.29) is 16.8 Å². The van der Waals surface area contributed by atoms with Crippen molar-refractivity contribution in [1.82, 2.24) is 0 Å². The SMILES string of the molecule is CC1=C(F)CC(C)(C)C=C1F. The largest absolute Gasteiger partial charge is 0.211 e. The van der Waals surface area contributed by atoms with Gasteiger partial charge in [-0.3, -0.25) is 0 Å². The van der Waals surface area contributed by atoms with E-state index < -0.39 is 5.83 Å². The molecule has 1 aliphatic rings. The molecule has 1 aliphatic carbocycles. The third-order valence-corrected chi connectivity index (χ3v) is 1.89. The highest BCUT2D eigenvalue weighted by Gasteiger charge is 2.25. The van der Waals surface area contributed by atoms with Gasteiger partial charge in [0.2, 0.25) is 0 Å². The second-order valence-electron chi connectivity index (χ2n) is 3.69. The lowest BCUT2D eigenvalue weighted by Gasteiger charge is -2.24. The summed E-state index contributed by atoms with van der Waals surface area (Å²) < 4.78 is 25.8. The van der Waals surface area contributed by atoms with Crippen molar-refractivity contribution in [1.29, 1.82) is 0 Å². The topological polar surface area (TPSA) is 0 Å². The van der Waals surface area contributed by atoms with E-state index in [0.29, 0.717) is 6.42 Å². The Hall–Kier alpha value is -0.660. The van der Waals surface area contributed by atoms with Gasteiger partial charge in [0, 0.05) is 12.0 Å². The van der Waals surface area contributed by atoms with E-state index in [1.165, 1.54) is 13.0 Å². The molecule has 0 fully saturated rings. The van der Waals surface area contributed by atoms with Gasteiger partial charge < -0.3 is 0 Å². The van der Waals surface area contributed by atoms with E-state index in [2.05, 4.69) is 0 Å². The Morgan fingerprint density at radius 2 is 1.91 bits per heavy atom. The molecular weight excluding hydrogens is 146 g/mol. The van der Waals surface area contributed by atoms with E-state index in [1.54, 1.807) is 0 Å². The molecule has 62 valence electrons. The lowest BCUT2D eigenvalue weighted by Crippen LogP contribution is -2.13. The maximum atomic E-state index is 12.9. The molecule has 0 radical (unpaired) electrons. The van der Waals surface area contributed by atoms with Crippen LogP contribution in [-0.2, 0) is 0 Å². The molecule has 0 aromatic carbocycles. The van der Waals surface area contributed by atoms with Gasteiger partial charge in [-0.25, -0.2) is 8.78 Å². The first-order chi connectivity index (χ1) is 4.92. The molecule has 1 rings (SSSR count). The van der Waals surface area contributed by atoms with Crippen LogP contribution in [0.3, 0.4) is 0 Å². The number of allylic oxidation sites excluding steroid dienone is 4. The third kappa shape index (κ3) is 1.67. The Bertz CT molecular complexity index is 234. The molecule has 0 bridgehead atoms. The van der Waals surface area contributed by atoms with Gasteiger partial charge in [-0.05, 0) is 18.4 Å². The normalized spacial score (nSPS) is 23.5. The number of rotatable bonds is 0. The van der Waals surface area contributed by atoms with E-state index in [9.17, 15) is 8.78 Å². The summed E-state index contributed by atoms with van der Waals surface area (Å²) in [7, 11) is 0. The van der Waals surface area contributed by atoms with Crippen molar-refractivity contribution in [3.63, 3.8) is 0 Å². The lowest BCUT2D eigenvalue weighted by molar-refractivity contribution is 0.388. The molecule has 0 amide bonds. The van der Waals surface area contributed by atoms with Crippen molar-refractivity contribution in [2.75, 3.05) is 0 Å². The summed E-state index contributed by atoms with van der Waals surface area (Å²) >= 11 is 0. The van der Waals surface area contributed by atoms with E-state index in [4.69, 9.17) is 0 Å². The van der Waals surface area contributed by atoms with Crippen LogP contribution in [0.5, 0.6) is 0 Å². The van der Waals surface area contributed by atoms with Gasteiger partial charge in [-0.1, -0.05) is 13.8 Å². The van der Waals surface area contributed by atoms with Gasteiger partial charge in [0.25, 0.3) is 0 Å². The van der Waals surface area contributed by atoms with Crippen molar-refractivity contribution in [3.05, 3.63) is 23.3 Å². The highest BCUT2D eigenvalue weighted by molar-refractivity contribution is 5.32. The second-order valence-corrected chi connectivity index (χ2v) is 3.69. The summed E-state index contributed by atoms with van der Waals surface area (Å²) in [6, 6.07) is 0. The molecule has 11 heavy (non-hydrogen) atoms. The minimum absolute atomic E-state index is 0.157. The van der Waals surface area contributed by atoms with Crippen molar-refractivity contribution in [2.45, 2.75) is 27.2 Å². The first kappa shape index (κ1) is 8.44. The maximum Gasteiger partial charge on any atom is 0.125 e. The monoisotopic (exact) mass is 158 g/mol. The predicted octanol–water partition coefficient (Wildman–Crippen LogP) is 3.51. The average molecular weight is 158 g/mol. The van der Waals surface area contributed by atoms with Gasteiger partial charge in [0.05, 0.1) is 0 Å². The third-order valence-electron chi connectivity index (χ3n) is 1.89. The fourth-order valence-electron chi connectivity index (χ4n) is 1.16. The maximum absolute atomic E-state index is 12.9. The zero-order valence-corrected chi connectivity index (χ0v) is 7.04. The van der Waals surface area contributed by atoms with Gasteiger partial charge in [-0.15, -0.1) is 0 Å². The molecule has 0 aromatic rings. The van der Waals surface area contributed by atoms with Crippen LogP contribution in [0.1, 0.15) is 27.2 Å². The molecule has 0 spiro atoms. The molecule has 2 heteroatoms. The van der Waals surface area contributed by atoms with Gasteiger partial charge in [-0.2, -0.15) is 0 Å². The summed E-state index contributed by atoms with van der Waals surface area (Å²) in [6.07, 6.45) is 1.79. The Labute approximate surface area is 65.6 Å². The molecule has 0 atom stereocenters. The zero-order chi connectivity index (χ0) is 8.65. The smallest absolute Gasteiger partial charge is 0.125 e. The average Bonchev–Trinajstić information content (AvgIpc) is 1.81. The molecule has 0 nitrogen and oxygen atoms in total. The van der Waals surface area contributed by atoms with Gasteiger partial charge >= 0.3 is 0 Å². The Balaban J connectivity index is 3.01. The van der Waals surface area contributed by atoms with Crippen molar-refractivity contribution < 1.29 is 8.78 Å². The predicted molar refractivity (Wildman–Crippen MR) is 41.4 cm³/mol. The number of hydrogen-bond acceptors (Lipinski definition) is 0. The Morgan fingerprint density at radius 1 is 1.36 bits per heavy atom. The van der Waals surface area contributed by atoms with Crippen molar-refractivity contribution >= 4 is 0 Å². The first-order valence-corrected chi connectivity index (χ1v) is 3.66. The highest BCUT2D eigenvalue weighted by Crippen LogP contribution is 2.37. The van der Waals surface area contributed by atoms with Gasteiger partial charge in [0.15, 0.2) is 0 Å². The second kappa shape index (κ2) is 2.43. The fraction of sp³-hybridized carbons (Fsp3) is 0.556. The Morgan fingerprint density at radius 3 is 2.36 bits per heavy atom. The fourth-order valence-corrected chi connectivity index (χ4v) is 1.16. The zero-order valence-electron chi connectivity index (χ0n) is 7.04. The van der Waals surface area contributed by atoms with E-state index >= 15 is 0 Å². The van der Waals surface area contributed by atoms with Gasteiger partial charge in [0.1, 0.15) is 11.7 Å². The summed E-state index contributed by atoms with van der Waals surface area (Å²) in [5, 5.41) is 0. The summed E-state index contributed by atoms with van der Waals surface area (Å²) in [6.45, 7) is 5.10. The van der Waals surface area contributed by atoms with Crippen LogP contribution < -0.4 is 0 Å². The molecule has 0 unspecified atom stereocenters. The molecule has 0 heterocycles. The van der Waals surface area contributed by atoms with Crippen LogP contribution in [0, 0.1) is 5.41 Å². The van der Waals surface area contributed by atoms with E-state index in [0.717, 1.165) is 0 Å².